The van der Waals surface area contributed by atoms with E-state index in [1.54, 1.807) is 0 Å². The molecule has 2 aliphatic carbocycles. The Bertz CT molecular complexity index is 225. The van der Waals surface area contributed by atoms with Crippen LogP contribution in [0.1, 0.15) is 77.6 Å². The van der Waals surface area contributed by atoms with Gasteiger partial charge in [-0.2, -0.15) is 0 Å². The average molecular weight is 253 g/mol. The van der Waals surface area contributed by atoms with E-state index in [9.17, 15) is 0 Å². The van der Waals surface area contributed by atoms with Gasteiger partial charge in [0.15, 0.2) is 0 Å². The van der Waals surface area contributed by atoms with E-state index in [0.29, 0.717) is 6.10 Å². The van der Waals surface area contributed by atoms with Crippen molar-refractivity contribution in [3.63, 3.8) is 0 Å². The zero-order chi connectivity index (χ0) is 12.8. The van der Waals surface area contributed by atoms with Gasteiger partial charge in [0.25, 0.3) is 0 Å². The van der Waals surface area contributed by atoms with Crippen LogP contribution in [0.15, 0.2) is 0 Å². The Kier molecular flexibility index (Phi) is 5.50. The molecule has 0 unspecified atom stereocenters. The lowest BCUT2D eigenvalue weighted by atomic mass is 9.77. The number of hydrogen-bond donors (Lipinski definition) is 1. The van der Waals surface area contributed by atoms with Gasteiger partial charge in [-0.1, -0.05) is 39.0 Å². The molecular formula is C16H31NO. The molecule has 0 aromatic heterocycles. The number of hydrogen-bond acceptors (Lipinski definition) is 2. The van der Waals surface area contributed by atoms with Crippen LogP contribution in [0, 0.1) is 5.92 Å². The second-order valence-electron chi connectivity index (χ2n) is 6.47. The van der Waals surface area contributed by atoms with E-state index in [1.165, 1.54) is 70.6 Å². The predicted molar refractivity (Wildman–Crippen MR) is 76.6 cm³/mol. The fourth-order valence-corrected chi connectivity index (χ4v) is 3.70. The van der Waals surface area contributed by atoms with Gasteiger partial charge in [-0.25, -0.2) is 0 Å². The fraction of sp³-hybridized carbons (Fsp3) is 1.00. The molecule has 2 N–H and O–H groups in total. The molecule has 18 heavy (non-hydrogen) atoms. The Hall–Kier alpha value is -0.0800. The molecule has 0 atom stereocenters. The van der Waals surface area contributed by atoms with Gasteiger partial charge < -0.3 is 10.5 Å². The molecule has 0 amide bonds. The standard InChI is InChI=1S/C16H31NO/c1-2-14-9-11-16(13-17,12-10-14)18-15-7-5-3-4-6-8-15/h14-15H,2-13,17H2,1H3. The summed E-state index contributed by atoms with van der Waals surface area (Å²) in [5.41, 5.74) is 6.08. The first kappa shape index (κ1) is 14.3. The van der Waals surface area contributed by atoms with Gasteiger partial charge in [-0.15, -0.1) is 0 Å². The summed E-state index contributed by atoms with van der Waals surface area (Å²) in [6, 6.07) is 0. The van der Waals surface area contributed by atoms with Gasteiger partial charge in [0, 0.05) is 6.54 Å². The second-order valence-corrected chi connectivity index (χ2v) is 6.47. The minimum absolute atomic E-state index is 0.0284. The summed E-state index contributed by atoms with van der Waals surface area (Å²) < 4.78 is 6.52. The maximum Gasteiger partial charge on any atom is 0.0808 e. The van der Waals surface area contributed by atoms with E-state index in [2.05, 4.69) is 6.92 Å². The van der Waals surface area contributed by atoms with Gasteiger partial charge in [0.1, 0.15) is 0 Å². The first-order valence-corrected chi connectivity index (χ1v) is 8.16. The molecule has 0 radical (unpaired) electrons. The molecule has 2 saturated carbocycles. The molecule has 0 spiro atoms. The largest absolute Gasteiger partial charge is 0.370 e. The summed E-state index contributed by atoms with van der Waals surface area (Å²) in [7, 11) is 0. The molecule has 2 fully saturated rings. The first-order chi connectivity index (χ1) is 8.78. The minimum atomic E-state index is 0.0284. The van der Waals surface area contributed by atoms with Crippen molar-refractivity contribution >= 4 is 0 Å². The van der Waals surface area contributed by atoms with Crippen molar-refractivity contribution in [3.8, 4) is 0 Å². The SMILES string of the molecule is CCC1CCC(CN)(OC2CCCCCC2)CC1. The lowest BCUT2D eigenvalue weighted by Crippen LogP contribution is -2.46. The molecule has 0 aliphatic heterocycles. The van der Waals surface area contributed by atoms with Crippen LogP contribution in [0.25, 0.3) is 0 Å². The van der Waals surface area contributed by atoms with E-state index >= 15 is 0 Å². The third-order valence-corrected chi connectivity index (χ3v) is 5.18. The van der Waals surface area contributed by atoms with E-state index in [4.69, 9.17) is 10.5 Å². The number of rotatable bonds is 4. The maximum atomic E-state index is 6.52. The van der Waals surface area contributed by atoms with Crippen LogP contribution < -0.4 is 5.73 Å². The quantitative estimate of drug-likeness (QED) is 0.768. The third kappa shape index (κ3) is 3.71. The van der Waals surface area contributed by atoms with Crippen molar-refractivity contribution in [1.29, 1.82) is 0 Å². The van der Waals surface area contributed by atoms with Crippen molar-refractivity contribution in [2.24, 2.45) is 11.7 Å². The normalized spacial score (nSPS) is 35.3. The highest BCUT2D eigenvalue weighted by atomic mass is 16.5. The van der Waals surface area contributed by atoms with Crippen LogP contribution in [0.4, 0.5) is 0 Å². The molecule has 0 aromatic carbocycles. The zero-order valence-electron chi connectivity index (χ0n) is 12.1. The van der Waals surface area contributed by atoms with Crippen LogP contribution in [0.5, 0.6) is 0 Å². The number of ether oxygens (including phenoxy) is 1. The monoisotopic (exact) mass is 253 g/mol. The summed E-state index contributed by atoms with van der Waals surface area (Å²) in [5, 5.41) is 0. The molecule has 106 valence electrons. The van der Waals surface area contributed by atoms with Gasteiger partial charge in [-0.3, -0.25) is 0 Å². The molecule has 0 aromatic rings. The lowest BCUT2D eigenvalue weighted by molar-refractivity contribution is -0.117. The van der Waals surface area contributed by atoms with E-state index in [0.717, 1.165) is 12.5 Å². The Balaban J connectivity index is 1.87. The van der Waals surface area contributed by atoms with Crippen LogP contribution >= 0.6 is 0 Å². The lowest BCUT2D eigenvalue weighted by Gasteiger charge is -2.41. The van der Waals surface area contributed by atoms with Crippen molar-refractivity contribution in [2.45, 2.75) is 89.3 Å². The summed E-state index contributed by atoms with van der Waals surface area (Å²) >= 11 is 0. The molecular weight excluding hydrogens is 222 g/mol. The maximum absolute atomic E-state index is 6.52. The van der Waals surface area contributed by atoms with Gasteiger partial charge in [0.2, 0.25) is 0 Å². The van der Waals surface area contributed by atoms with Crippen LogP contribution in [-0.4, -0.2) is 18.2 Å². The summed E-state index contributed by atoms with van der Waals surface area (Å²) in [6.07, 6.45) is 14.9. The van der Waals surface area contributed by atoms with Gasteiger partial charge in [0.05, 0.1) is 11.7 Å². The Labute approximate surface area is 113 Å². The second kappa shape index (κ2) is 6.91. The molecule has 0 bridgehead atoms. The van der Waals surface area contributed by atoms with Gasteiger partial charge >= 0.3 is 0 Å². The molecule has 2 heteroatoms. The predicted octanol–water partition coefficient (Wildman–Crippen LogP) is 4.02. The molecule has 0 heterocycles. The Morgan fingerprint density at radius 2 is 1.61 bits per heavy atom. The minimum Gasteiger partial charge on any atom is -0.370 e. The summed E-state index contributed by atoms with van der Waals surface area (Å²) in [4.78, 5) is 0. The molecule has 2 rings (SSSR count). The molecule has 0 saturated heterocycles. The van der Waals surface area contributed by atoms with Crippen molar-refractivity contribution < 1.29 is 4.74 Å². The van der Waals surface area contributed by atoms with Crippen molar-refractivity contribution in [2.75, 3.05) is 6.54 Å². The van der Waals surface area contributed by atoms with Crippen LogP contribution in [0.2, 0.25) is 0 Å². The van der Waals surface area contributed by atoms with E-state index < -0.39 is 0 Å². The van der Waals surface area contributed by atoms with Crippen LogP contribution in [0.3, 0.4) is 0 Å². The smallest absolute Gasteiger partial charge is 0.0808 e. The molecule has 2 nitrogen and oxygen atoms in total. The van der Waals surface area contributed by atoms with Gasteiger partial charge in [-0.05, 0) is 44.4 Å². The van der Waals surface area contributed by atoms with Crippen molar-refractivity contribution in [3.05, 3.63) is 0 Å². The number of nitrogens with two attached hydrogens (primary N) is 1. The highest BCUT2D eigenvalue weighted by Gasteiger charge is 2.36. The highest BCUT2D eigenvalue weighted by Crippen LogP contribution is 2.38. The van der Waals surface area contributed by atoms with Crippen molar-refractivity contribution in [1.82, 2.24) is 0 Å². The van der Waals surface area contributed by atoms with E-state index in [-0.39, 0.29) is 5.60 Å². The Morgan fingerprint density at radius 1 is 1.00 bits per heavy atom. The third-order valence-electron chi connectivity index (χ3n) is 5.18. The topological polar surface area (TPSA) is 35.2 Å². The Morgan fingerprint density at radius 3 is 2.11 bits per heavy atom. The molecule has 2 aliphatic rings. The summed E-state index contributed by atoms with van der Waals surface area (Å²) in [6.45, 7) is 3.03. The highest BCUT2D eigenvalue weighted by molar-refractivity contribution is 4.89. The first-order valence-electron chi connectivity index (χ1n) is 8.16. The average Bonchev–Trinajstić information content (AvgIpc) is 2.68. The fourth-order valence-electron chi connectivity index (χ4n) is 3.70. The summed E-state index contributed by atoms with van der Waals surface area (Å²) in [5.74, 6) is 0.919. The van der Waals surface area contributed by atoms with E-state index in [1.807, 2.05) is 0 Å². The van der Waals surface area contributed by atoms with Crippen LogP contribution in [-0.2, 0) is 4.74 Å². The zero-order valence-corrected chi connectivity index (χ0v) is 12.1.